The van der Waals surface area contributed by atoms with Gasteiger partial charge in [0.15, 0.2) is 5.82 Å². The van der Waals surface area contributed by atoms with E-state index in [0.717, 1.165) is 18.7 Å². The van der Waals surface area contributed by atoms with Gasteiger partial charge in [-0.2, -0.15) is 0 Å². The van der Waals surface area contributed by atoms with Crippen LogP contribution in [-0.2, 0) is 14.3 Å². The molecule has 0 aliphatic carbocycles. The summed E-state index contributed by atoms with van der Waals surface area (Å²) >= 11 is 0. The second kappa shape index (κ2) is 9.19. The van der Waals surface area contributed by atoms with Crippen LogP contribution in [0, 0.1) is 0 Å². The van der Waals surface area contributed by atoms with Crippen molar-refractivity contribution in [3.05, 3.63) is 12.1 Å². The van der Waals surface area contributed by atoms with Gasteiger partial charge in [0.05, 0.1) is 19.6 Å². The summed E-state index contributed by atoms with van der Waals surface area (Å²) in [5.41, 5.74) is 0. The normalized spacial score (nSPS) is 17.1. The predicted octanol–water partition coefficient (Wildman–Crippen LogP) is 1.26. The molecule has 2 rings (SSSR count). The van der Waals surface area contributed by atoms with E-state index in [2.05, 4.69) is 10.2 Å². The number of hydrogen-bond acceptors (Lipinski definition) is 7. The fourth-order valence-electron chi connectivity index (χ4n) is 2.65. The number of likely N-dealkylation sites (tertiary alicyclic amines) is 1. The lowest BCUT2D eigenvalue weighted by Crippen LogP contribution is -2.44. The van der Waals surface area contributed by atoms with Gasteiger partial charge in [-0.25, -0.2) is 0 Å². The predicted molar refractivity (Wildman–Crippen MR) is 92.5 cm³/mol. The number of carbonyl (C=O) groups excluding carboxylic acids is 2. The van der Waals surface area contributed by atoms with Crippen LogP contribution >= 0.6 is 0 Å². The highest BCUT2D eigenvalue weighted by atomic mass is 16.5. The molecule has 8 heteroatoms. The van der Waals surface area contributed by atoms with Gasteiger partial charge >= 0.3 is 5.97 Å². The Balaban J connectivity index is 1.83. The minimum absolute atomic E-state index is 0.0459. The molecule has 0 aromatic carbocycles. The van der Waals surface area contributed by atoms with Crippen LogP contribution in [0.15, 0.2) is 12.1 Å². The summed E-state index contributed by atoms with van der Waals surface area (Å²) in [6.45, 7) is 3.27. The van der Waals surface area contributed by atoms with Crippen molar-refractivity contribution in [3.8, 4) is 5.88 Å². The Morgan fingerprint density at radius 3 is 2.72 bits per heavy atom. The number of carbonyl (C=O) groups is 2. The zero-order chi connectivity index (χ0) is 18.2. The quantitative estimate of drug-likeness (QED) is 0.684. The number of hydrogen-bond donors (Lipinski definition) is 0. The van der Waals surface area contributed by atoms with Gasteiger partial charge in [0.25, 0.3) is 0 Å². The number of piperidine rings is 1. The molecule has 0 saturated carbocycles. The lowest BCUT2D eigenvalue weighted by atomic mass is 10.1. The van der Waals surface area contributed by atoms with E-state index in [1.807, 2.05) is 25.1 Å². The van der Waals surface area contributed by atoms with Crippen LogP contribution in [0.3, 0.4) is 0 Å². The van der Waals surface area contributed by atoms with Crippen LogP contribution in [0.1, 0.15) is 32.6 Å². The van der Waals surface area contributed by atoms with Crippen molar-refractivity contribution in [2.24, 2.45) is 0 Å². The molecular formula is C17H26N4O4. The lowest BCUT2D eigenvalue weighted by Gasteiger charge is -2.32. The molecule has 0 N–H and O–H groups in total. The minimum Gasteiger partial charge on any atom is -0.471 e. The fourth-order valence-corrected chi connectivity index (χ4v) is 2.65. The van der Waals surface area contributed by atoms with E-state index in [-0.39, 0.29) is 30.8 Å². The van der Waals surface area contributed by atoms with Crippen LogP contribution in [0.4, 0.5) is 5.82 Å². The number of esters is 1. The first-order valence-corrected chi connectivity index (χ1v) is 8.60. The molecule has 1 unspecified atom stereocenters. The van der Waals surface area contributed by atoms with Crippen molar-refractivity contribution in [2.75, 3.05) is 38.7 Å². The standard InChI is InChI=1S/C17H26N4O4/c1-4-24-17(23)10-9-16(22)21-11-5-6-13(12-21)25-15-8-7-14(18-19-15)20(2)3/h7-8,13H,4-6,9-12H2,1-3H3. The lowest BCUT2D eigenvalue weighted by molar-refractivity contribution is -0.146. The zero-order valence-corrected chi connectivity index (χ0v) is 15.1. The molecule has 1 aliphatic heterocycles. The first-order valence-electron chi connectivity index (χ1n) is 8.60. The molecule has 1 aliphatic rings. The van der Waals surface area contributed by atoms with Crippen LogP contribution in [-0.4, -0.2) is 66.9 Å². The SMILES string of the molecule is CCOC(=O)CCC(=O)N1CCCC(Oc2ccc(N(C)C)nn2)C1. The first kappa shape index (κ1) is 19.0. The summed E-state index contributed by atoms with van der Waals surface area (Å²) in [5, 5.41) is 8.15. The summed E-state index contributed by atoms with van der Waals surface area (Å²) in [5.74, 6) is 0.829. The fraction of sp³-hybridized carbons (Fsp3) is 0.647. The summed E-state index contributed by atoms with van der Waals surface area (Å²) in [7, 11) is 3.79. The Labute approximate surface area is 148 Å². The average Bonchev–Trinajstić information content (AvgIpc) is 2.60. The smallest absolute Gasteiger partial charge is 0.306 e. The maximum Gasteiger partial charge on any atom is 0.306 e. The Morgan fingerprint density at radius 2 is 2.08 bits per heavy atom. The van der Waals surface area contributed by atoms with E-state index >= 15 is 0 Å². The second-order valence-electron chi connectivity index (χ2n) is 6.15. The van der Waals surface area contributed by atoms with Crippen LogP contribution in [0.2, 0.25) is 0 Å². The monoisotopic (exact) mass is 350 g/mol. The molecular weight excluding hydrogens is 324 g/mol. The molecule has 1 aromatic rings. The van der Waals surface area contributed by atoms with Crippen molar-refractivity contribution >= 4 is 17.7 Å². The number of rotatable bonds is 7. The highest BCUT2D eigenvalue weighted by Crippen LogP contribution is 2.18. The van der Waals surface area contributed by atoms with E-state index in [0.29, 0.717) is 25.6 Å². The molecule has 8 nitrogen and oxygen atoms in total. The average molecular weight is 350 g/mol. The third kappa shape index (κ3) is 5.88. The summed E-state index contributed by atoms with van der Waals surface area (Å²) < 4.78 is 10.7. The van der Waals surface area contributed by atoms with Crippen molar-refractivity contribution in [1.82, 2.24) is 15.1 Å². The molecule has 1 amide bonds. The van der Waals surface area contributed by atoms with Gasteiger partial charge < -0.3 is 19.3 Å². The van der Waals surface area contributed by atoms with E-state index in [1.165, 1.54) is 0 Å². The number of aromatic nitrogens is 2. The molecule has 1 saturated heterocycles. The van der Waals surface area contributed by atoms with Gasteiger partial charge in [0.2, 0.25) is 11.8 Å². The Kier molecular flexibility index (Phi) is 6.97. The largest absolute Gasteiger partial charge is 0.471 e. The highest BCUT2D eigenvalue weighted by molar-refractivity contribution is 5.81. The Bertz CT molecular complexity index is 577. The number of ether oxygens (including phenoxy) is 2. The van der Waals surface area contributed by atoms with Crippen molar-refractivity contribution < 1.29 is 19.1 Å². The van der Waals surface area contributed by atoms with Crippen molar-refractivity contribution in [3.63, 3.8) is 0 Å². The summed E-state index contributed by atoms with van der Waals surface area (Å²) in [6, 6.07) is 3.62. The van der Waals surface area contributed by atoms with Gasteiger partial charge in [0.1, 0.15) is 6.10 Å². The zero-order valence-electron chi connectivity index (χ0n) is 15.1. The first-order chi connectivity index (χ1) is 12.0. The highest BCUT2D eigenvalue weighted by Gasteiger charge is 2.25. The molecule has 0 bridgehead atoms. The number of anilines is 1. The van der Waals surface area contributed by atoms with Crippen molar-refractivity contribution in [1.29, 1.82) is 0 Å². The molecule has 1 atom stereocenters. The third-order valence-corrected chi connectivity index (χ3v) is 3.95. The van der Waals surface area contributed by atoms with Gasteiger partial charge in [-0.1, -0.05) is 0 Å². The van der Waals surface area contributed by atoms with Crippen LogP contribution in [0.5, 0.6) is 5.88 Å². The Morgan fingerprint density at radius 1 is 1.28 bits per heavy atom. The number of amides is 1. The van der Waals surface area contributed by atoms with Gasteiger partial charge in [-0.15, -0.1) is 10.2 Å². The van der Waals surface area contributed by atoms with E-state index in [9.17, 15) is 9.59 Å². The van der Waals surface area contributed by atoms with Gasteiger partial charge in [-0.05, 0) is 25.8 Å². The van der Waals surface area contributed by atoms with Crippen LogP contribution < -0.4 is 9.64 Å². The second-order valence-corrected chi connectivity index (χ2v) is 6.15. The van der Waals surface area contributed by atoms with Gasteiger partial charge in [-0.3, -0.25) is 9.59 Å². The molecule has 138 valence electrons. The summed E-state index contributed by atoms with van der Waals surface area (Å²) in [4.78, 5) is 27.2. The molecule has 25 heavy (non-hydrogen) atoms. The van der Waals surface area contributed by atoms with Gasteiger partial charge in [0, 0.05) is 33.1 Å². The van der Waals surface area contributed by atoms with E-state index < -0.39 is 0 Å². The van der Waals surface area contributed by atoms with Crippen LogP contribution in [0.25, 0.3) is 0 Å². The molecule has 0 spiro atoms. The molecule has 2 heterocycles. The molecule has 1 aromatic heterocycles. The topological polar surface area (TPSA) is 84.9 Å². The maximum absolute atomic E-state index is 12.3. The minimum atomic E-state index is -0.336. The molecule has 0 radical (unpaired) electrons. The third-order valence-electron chi connectivity index (χ3n) is 3.95. The van der Waals surface area contributed by atoms with Crippen molar-refractivity contribution in [2.45, 2.75) is 38.7 Å². The maximum atomic E-state index is 12.3. The summed E-state index contributed by atoms with van der Waals surface area (Å²) in [6.07, 6.45) is 1.90. The Hall–Kier alpha value is -2.38. The number of nitrogens with zero attached hydrogens (tertiary/aromatic N) is 4. The molecule has 1 fully saturated rings. The van der Waals surface area contributed by atoms with E-state index in [1.54, 1.807) is 17.9 Å². The van der Waals surface area contributed by atoms with E-state index in [4.69, 9.17) is 9.47 Å².